The van der Waals surface area contributed by atoms with Gasteiger partial charge in [-0.05, 0) is 43.8 Å². The largest absolute Gasteiger partial charge is 0.497 e. The molecule has 2 aromatic rings. The first-order valence-electron chi connectivity index (χ1n) is 9.19. The Morgan fingerprint density at radius 2 is 1.69 bits per heavy atom. The number of hydrogen-bond acceptors (Lipinski definition) is 3. The van der Waals surface area contributed by atoms with Gasteiger partial charge in [0.2, 0.25) is 5.91 Å². The lowest BCUT2D eigenvalue weighted by Crippen LogP contribution is -2.37. The summed E-state index contributed by atoms with van der Waals surface area (Å²) in [6, 6.07) is 18.2. The Labute approximate surface area is 157 Å². The molecule has 0 aliphatic heterocycles. The number of nitrogens with one attached hydrogen (secondary N) is 1. The number of benzene rings is 2. The molecule has 0 fully saturated rings. The zero-order valence-corrected chi connectivity index (χ0v) is 16.2. The number of likely N-dealkylation sites (N-methyl/N-ethyl adjacent to an activating group) is 1. The summed E-state index contributed by atoms with van der Waals surface area (Å²) in [6.45, 7) is 2.69. The molecule has 4 nitrogen and oxygen atoms in total. The van der Waals surface area contributed by atoms with Gasteiger partial charge >= 0.3 is 0 Å². The minimum absolute atomic E-state index is 0.0958. The van der Waals surface area contributed by atoms with Crippen molar-refractivity contribution in [3.05, 3.63) is 65.7 Å². The summed E-state index contributed by atoms with van der Waals surface area (Å²) in [5.74, 6) is 0.834. The molecule has 140 valence electrons. The maximum Gasteiger partial charge on any atom is 0.227 e. The van der Waals surface area contributed by atoms with Crippen LogP contribution in [0, 0.1) is 0 Å². The lowest BCUT2D eigenvalue weighted by atomic mass is 9.93. The van der Waals surface area contributed by atoms with Crippen LogP contribution >= 0.6 is 0 Å². The smallest absolute Gasteiger partial charge is 0.227 e. The maximum atomic E-state index is 12.8. The summed E-state index contributed by atoms with van der Waals surface area (Å²) in [4.78, 5) is 15.0. The van der Waals surface area contributed by atoms with Crippen molar-refractivity contribution in [3.8, 4) is 5.75 Å². The second kappa shape index (κ2) is 9.97. The van der Waals surface area contributed by atoms with Crippen molar-refractivity contribution in [2.24, 2.45) is 0 Å². The van der Waals surface area contributed by atoms with Gasteiger partial charge in [-0.2, -0.15) is 0 Å². The lowest BCUT2D eigenvalue weighted by molar-refractivity contribution is -0.123. The summed E-state index contributed by atoms with van der Waals surface area (Å²) in [5.41, 5.74) is 2.24. The minimum Gasteiger partial charge on any atom is -0.497 e. The second-order valence-electron chi connectivity index (χ2n) is 6.75. The summed E-state index contributed by atoms with van der Waals surface area (Å²) < 4.78 is 5.23. The van der Waals surface area contributed by atoms with Gasteiger partial charge in [-0.1, -0.05) is 55.8 Å². The van der Waals surface area contributed by atoms with Crippen LogP contribution in [0.4, 0.5) is 0 Å². The molecule has 4 heteroatoms. The summed E-state index contributed by atoms with van der Waals surface area (Å²) in [6.07, 6.45) is 1.83. The number of ether oxygens (including phenoxy) is 1. The Bertz CT molecular complexity index is 668. The molecule has 0 aliphatic carbocycles. The highest BCUT2D eigenvalue weighted by atomic mass is 16.5. The molecule has 26 heavy (non-hydrogen) atoms. The molecule has 2 atom stereocenters. The normalized spacial score (nSPS) is 13.3. The second-order valence-corrected chi connectivity index (χ2v) is 6.75. The molecule has 2 aromatic carbocycles. The van der Waals surface area contributed by atoms with Gasteiger partial charge in [-0.25, -0.2) is 0 Å². The van der Waals surface area contributed by atoms with Crippen molar-refractivity contribution in [1.82, 2.24) is 10.2 Å². The SMILES string of the molecule is CCC[C@@H](C(=O)NC[C@@H](c1ccc(OC)cc1)N(C)C)c1ccccc1. The van der Waals surface area contributed by atoms with Crippen LogP contribution in [-0.4, -0.2) is 38.6 Å². The van der Waals surface area contributed by atoms with Crippen LogP contribution in [0.5, 0.6) is 5.75 Å². The number of amides is 1. The quantitative estimate of drug-likeness (QED) is 0.740. The number of hydrogen-bond donors (Lipinski definition) is 1. The minimum atomic E-state index is -0.0973. The molecular formula is C22H30N2O2. The fraction of sp³-hybridized carbons (Fsp3) is 0.409. The highest BCUT2D eigenvalue weighted by Gasteiger charge is 2.22. The predicted molar refractivity (Wildman–Crippen MR) is 107 cm³/mol. The Kier molecular flexibility index (Phi) is 7.67. The molecule has 0 saturated heterocycles. The van der Waals surface area contributed by atoms with E-state index in [2.05, 4.69) is 29.3 Å². The average molecular weight is 354 g/mol. The summed E-state index contributed by atoms with van der Waals surface area (Å²) in [7, 11) is 5.72. The first-order valence-corrected chi connectivity index (χ1v) is 9.19. The molecule has 0 bridgehead atoms. The zero-order chi connectivity index (χ0) is 18.9. The van der Waals surface area contributed by atoms with Gasteiger partial charge in [0.05, 0.1) is 19.1 Å². The Hall–Kier alpha value is -2.33. The van der Waals surface area contributed by atoms with Gasteiger partial charge in [0.15, 0.2) is 0 Å². The molecule has 1 N–H and O–H groups in total. The lowest BCUT2D eigenvalue weighted by Gasteiger charge is -2.26. The van der Waals surface area contributed by atoms with Crippen LogP contribution < -0.4 is 10.1 Å². The summed E-state index contributed by atoms with van der Waals surface area (Å²) >= 11 is 0. The van der Waals surface area contributed by atoms with Crippen LogP contribution in [0.25, 0.3) is 0 Å². The Balaban J connectivity index is 2.07. The predicted octanol–water partition coefficient (Wildman–Crippen LogP) is 4.00. The number of methoxy groups -OCH3 is 1. The zero-order valence-electron chi connectivity index (χ0n) is 16.2. The topological polar surface area (TPSA) is 41.6 Å². The Morgan fingerprint density at radius 3 is 2.23 bits per heavy atom. The third-order valence-corrected chi connectivity index (χ3v) is 4.69. The molecular weight excluding hydrogens is 324 g/mol. The van der Waals surface area contributed by atoms with Gasteiger partial charge in [0.25, 0.3) is 0 Å². The van der Waals surface area contributed by atoms with Crippen LogP contribution in [-0.2, 0) is 4.79 Å². The third-order valence-electron chi connectivity index (χ3n) is 4.69. The molecule has 0 unspecified atom stereocenters. The molecule has 0 aromatic heterocycles. The van der Waals surface area contributed by atoms with E-state index in [4.69, 9.17) is 4.74 Å². The number of carbonyl (C=O) groups excluding carboxylic acids is 1. The highest BCUT2D eigenvalue weighted by molar-refractivity contribution is 5.83. The molecule has 0 heterocycles. The van der Waals surface area contributed by atoms with Crippen LogP contribution in [0.15, 0.2) is 54.6 Å². The van der Waals surface area contributed by atoms with E-state index in [1.165, 1.54) is 0 Å². The third kappa shape index (κ3) is 5.33. The number of nitrogens with zero attached hydrogens (tertiary/aromatic N) is 1. The molecule has 0 spiro atoms. The van der Waals surface area contributed by atoms with Crippen molar-refractivity contribution < 1.29 is 9.53 Å². The maximum absolute atomic E-state index is 12.8. The van der Waals surface area contributed by atoms with Gasteiger partial charge in [0, 0.05) is 6.54 Å². The van der Waals surface area contributed by atoms with Crippen LogP contribution in [0.3, 0.4) is 0 Å². The van der Waals surface area contributed by atoms with E-state index >= 15 is 0 Å². The number of rotatable bonds is 9. The van der Waals surface area contributed by atoms with E-state index in [0.29, 0.717) is 6.54 Å². The number of carbonyl (C=O) groups is 1. The van der Waals surface area contributed by atoms with E-state index < -0.39 is 0 Å². The molecule has 0 radical (unpaired) electrons. The average Bonchev–Trinajstić information content (AvgIpc) is 2.67. The molecule has 2 rings (SSSR count). The van der Waals surface area contributed by atoms with Crippen LogP contribution in [0.1, 0.15) is 42.9 Å². The summed E-state index contributed by atoms with van der Waals surface area (Å²) in [5, 5.41) is 3.16. The fourth-order valence-electron chi connectivity index (χ4n) is 3.17. The van der Waals surface area contributed by atoms with Gasteiger partial charge in [0.1, 0.15) is 5.75 Å². The highest BCUT2D eigenvalue weighted by Crippen LogP contribution is 2.23. The van der Waals surface area contributed by atoms with Crippen molar-refractivity contribution >= 4 is 5.91 Å². The van der Waals surface area contributed by atoms with Crippen molar-refractivity contribution in [3.63, 3.8) is 0 Å². The molecule has 0 aliphatic rings. The van der Waals surface area contributed by atoms with E-state index in [9.17, 15) is 4.79 Å². The van der Waals surface area contributed by atoms with Gasteiger partial charge in [-0.3, -0.25) is 4.79 Å². The van der Waals surface area contributed by atoms with Crippen molar-refractivity contribution in [2.75, 3.05) is 27.7 Å². The first kappa shape index (κ1) is 20.0. The van der Waals surface area contributed by atoms with E-state index in [0.717, 1.165) is 29.7 Å². The standard InChI is InChI=1S/C22H30N2O2/c1-5-9-20(17-10-7-6-8-11-17)22(25)23-16-21(24(2)3)18-12-14-19(26-4)15-13-18/h6-8,10-15,20-21H,5,9,16H2,1-4H3,(H,23,25)/t20-,21+/m1/s1. The Morgan fingerprint density at radius 1 is 1.04 bits per heavy atom. The molecule has 1 amide bonds. The fourth-order valence-corrected chi connectivity index (χ4v) is 3.17. The van der Waals surface area contributed by atoms with E-state index in [-0.39, 0.29) is 17.9 Å². The molecule has 0 saturated carbocycles. The van der Waals surface area contributed by atoms with Crippen molar-refractivity contribution in [1.29, 1.82) is 0 Å². The van der Waals surface area contributed by atoms with E-state index in [1.807, 2.05) is 56.6 Å². The first-order chi connectivity index (χ1) is 12.6. The van der Waals surface area contributed by atoms with Crippen LogP contribution in [0.2, 0.25) is 0 Å². The monoisotopic (exact) mass is 354 g/mol. The van der Waals surface area contributed by atoms with E-state index in [1.54, 1.807) is 7.11 Å². The van der Waals surface area contributed by atoms with Crippen molar-refractivity contribution in [2.45, 2.75) is 31.7 Å². The van der Waals surface area contributed by atoms with Gasteiger partial charge < -0.3 is 15.0 Å². The van der Waals surface area contributed by atoms with Gasteiger partial charge in [-0.15, -0.1) is 0 Å².